The van der Waals surface area contributed by atoms with Gasteiger partial charge in [0.25, 0.3) is 0 Å². The van der Waals surface area contributed by atoms with Crippen molar-refractivity contribution in [2.24, 2.45) is 0 Å². The average molecular weight is 352 g/mol. The van der Waals surface area contributed by atoms with E-state index in [2.05, 4.69) is 76.4 Å². The van der Waals surface area contributed by atoms with Gasteiger partial charge in [-0.3, -0.25) is 0 Å². The molecule has 4 heteroatoms. The Morgan fingerprint density at radius 1 is 1.32 bits per heavy atom. The molecule has 1 N–H and O–H groups in total. The highest BCUT2D eigenvalue weighted by Gasteiger charge is 2.20. The standard InChI is InChI=1S/C21H25N3S/c1-16(21-6-4-14-25-21)22-18-7-8-20-17(15-18)9-12-24(20)13-10-19-5-3-11-23(19)2/h4,6-9,12,14-15,19,22H,1,3,5,10-11,13H2,2H3. The van der Waals surface area contributed by atoms with Crippen molar-refractivity contribution in [3.8, 4) is 0 Å². The second kappa shape index (κ2) is 7.06. The molecule has 0 bridgehead atoms. The third-order valence-electron chi connectivity index (χ3n) is 5.26. The van der Waals surface area contributed by atoms with Crippen molar-refractivity contribution in [2.75, 3.05) is 18.9 Å². The summed E-state index contributed by atoms with van der Waals surface area (Å²) in [6, 6.07) is 13.7. The second-order valence-electron chi connectivity index (χ2n) is 6.93. The fraction of sp³-hybridized carbons (Fsp3) is 0.333. The third-order valence-corrected chi connectivity index (χ3v) is 6.19. The Balaban J connectivity index is 1.46. The smallest absolute Gasteiger partial charge is 0.0499 e. The van der Waals surface area contributed by atoms with Crippen LogP contribution in [0.3, 0.4) is 0 Å². The van der Waals surface area contributed by atoms with E-state index in [4.69, 9.17) is 0 Å². The van der Waals surface area contributed by atoms with Crippen LogP contribution in [-0.2, 0) is 6.54 Å². The lowest BCUT2D eigenvalue weighted by atomic mass is 10.1. The number of nitrogens with one attached hydrogen (secondary N) is 1. The van der Waals surface area contributed by atoms with Crippen molar-refractivity contribution >= 4 is 33.6 Å². The molecule has 0 aliphatic carbocycles. The maximum absolute atomic E-state index is 4.15. The molecule has 1 fully saturated rings. The summed E-state index contributed by atoms with van der Waals surface area (Å²) in [7, 11) is 2.25. The Hall–Kier alpha value is -2.04. The van der Waals surface area contributed by atoms with Gasteiger partial charge in [0, 0.05) is 45.9 Å². The lowest BCUT2D eigenvalue weighted by Crippen LogP contribution is -2.25. The summed E-state index contributed by atoms with van der Waals surface area (Å²) in [6.07, 6.45) is 6.14. The fourth-order valence-corrected chi connectivity index (χ4v) is 4.45. The minimum absolute atomic E-state index is 0.743. The first-order chi connectivity index (χ1) is 12.2. The number of fused-ring (bicyclic) bond motifs is 1. The number of hydrogen-bond donors (Lipinski definition) is 1. The molecule has 2 aromatic heterocycles. The van der Waals surface area contributed by atoms with Gasteiger partial charge in [-0.25, -0.2) is 0 Å². The van der Waals surface area contributed by atoms with Gasteiger partial charge in [0.05, 0.1) is 0 Å². The zero-order chi connectivity index (χ0) is 17.2. The number of nitrogens with zero attached hydrogens (tertiary/aromatic N) is 2. The van der Waals surface area contributed by atoms with Gasteiger partial charge >= 0.3 is 0 Å². The van der Waals surface area contributed by atoms with Crippen LogP contribution in [0.15, 0.2) is 54.6 Å². The van der Waals surface area contributed by atoms with E-state index >= 15 is 0 Å². The van der Waals surface area contributed by atoms with Crippen LogP contribution < -0.4 is 5.32 Å². The first kappa shape index (κ1) is 16.4. The SMILES string of the molecule is C=C(Nc1ccc2c(ccn2CCC2CCCN2C)c1)c1cccs1. The van der Waals surface area contributed by atoms with E-state index in [0.717, 1.165) is 24.0 Å². The van der Waals surface area contributed by atoms with Gasteiger partial charge in [-0.05, 0) is 68.6 Å². The number of hydrogen-bond acceptors (Lipinski definition) is 3. The molecule has 3 heterocycles. The molecule has 1 aromatic carbocycles. The zero-order valence-electron chi connectivity index (χ0n) is 14.7. The summed E-state index contributed by atoms with van der Waals surface area (Å²) in [5, 5.41) is 6.79. The van der Waals surface area contributed by atoms with Crippen LogP contribution in [0.2, 0.25) is 0 Å². The van der Waals surface area contributed by atoms with Gasteiger partial charge in [0.1, 0.15) is 0 Å². The van der Waals surface area contributed by atoms with Crippen LogP contribution in [0.5, 0.6) is 0 Å². The van der Waals surface area contributed by atoms with E-state index in [9.17, 15) is 0 Å². The van der Waals surface area contributed by atoms with Crippen LogP contribution in [0, 0.1) is 0 Å². The molecule has 1 saturated heterocycles. The maximum Gasteiger partial charge on any atom is 0.0499 e. The molecule has 1 unspecified atom stereocenters. The monoisotopic (exact) mass is 351 g/mol. The number of rotatable bonds is 6. The van der Waals surface area contributed by atoms with Crippen LogP contribution in [0.1, 0.15) is 24.1 Å². The molecule has 25 heavy (non-hydrogen) atoms. The first-order valence-corrected chi connectivity index (χ1v) is 9.87. The topological polar surface area (TPSA) is 20.2 Å². The lowest BCUT2D eigenvalue weighted by molar-refractivity contribution is 0.287. The summed E-state index contributed by atoms with van der Waals surface area (Å²) < 4.78 is 2.39. The van der Waals surface area contributed by atoms with Crippen molar-refractivity contribution in [1.29, 1.82) is 0 Å². The van der Waals surface area contributed by atoms with Gasteiger partial charge in [-0.1, -0.05) is 12.6 Å². The highest BCUT2D eigenvalue weighted by Crippen LogP contribution is 2.26. The molecule has 0 spiro atoms. The predicted molar refractivity (Wildman–Crippen MR) is 109 cm³/mol. The molecule has 0 radical (unpaired) electrons. The fourth-order valence-electron chi connectivity index (χ4n) is 3.79. The van der Waals surface area contributed by atoms with Crippen molar-refractivity contribution < 1.29 is 0 Å². The average Bonchev–Trinajstić information content (AvgIpc) is 3.34. The van der Waals surface area contributed by atoms with E-state index in [1.54, 1.807) is 11.3 Å². The van der Waals surface area contributed by atoms with E-state index in [-0.39, 0.29) is 0 Å². The van der Waals surface area contributed by atoms with Crippen molar-refractivity contribution in [3.05, 3.63) is 59.4 Å². The summed E-state index contributed by atoms with van der Waals surface area (Å²) >= 11 is 1.71. The normalized spacial score (nSPS) is 18.0. The van der Waals surface area contributed by atoms with Gasteiger partial charge in [-0.15, -0.1) is 11.3 Å². The highest BCUT2D eigenvalue weighted by atomic mass is 32.1. The molecule has 130 valence electrons. The van der Waals surface area contributed by atoms with E-state index in [0.29, 0.717) is 0 Å². The number of likely N-dealkylation sites (tertiary alicyclic amines) is 1. The van der Waals surface area contributed by atoms with Gasteiger partial charge in [0.15, 0.2) is 0 Å². The number of anilines is 1. The Morgan fingerprint density at radius 2 is 2.24 bits per heavy atom. The molecule has 0 amide bonds. The van der Waals surface area contributed by atoms with Crippen LogP contribution in [0.25, 0.3) is 16.6 Å². The zero-order valence-corrected chi connectivity index (χ0v) is 15.6. The molecule has 1 aliphatic heterocycles. The molecule has 0 saturated carbocycles. The Morgan fingerprint density at radius 3 is 3.00 bits per heavy atom. The Bertz CT molecular complexity index is 863. The molecule has 1 aliphatic rings. The highest BCUT2D eigenvalue weighted by molar-refractivity contribution is 7.11. The lowest BCUT2D eigenvalue weighted by Gasteiger charge is -2.19. The summed E-state index contributed by atoms with van der Waals surface area (Å²) in [5.74, 6) is 0. The van der Waals surface area contributed by atoms with E-state index in [1.807, 2.05) is 0 Å². The quantitative estimate of drug-likeness (QED) is 0.653. The molecular weight excluding hydrogens is 326 g/mol. The van der Waals surface area contributed by atoms with Crippen LogP contribution in [0.4, 0.5) is 5.69 Å². The number of aryl methyl sites for hydroxylation is 1. The third kappa shape index (κ3) is 3.51. The summed E-state index contributed by atoms with van der Waals surface area (Å²) in [4.78, 5) is 3.68. The van der Waals surface area contributed by atoms with Gasteiger partial charge in [-0.2, -0.15) is 0 Å². The van der Waals surface area contributed by atoms with Gasteiger partial charge < -0.3 is 14.8 Å². The molecule has 1 atom stereocenters. The van der Waals surface area contributed by atoms with Crippen LogP contribution >= 0.6 is 11.3 Å². The Kier molecular flexibility index (Phi) is 4.64. The molecule has 4 rings (SSSR count). The molecule has 3 aromatic rings. The summed E-state index contributed by atoms with van der Waals surface area (Å²) in [6.45, 7) is 6.49. The number of aromatic nitrogens is 1. The van der Waals surface area contributed by atoms with E-state index < -0.39 is 0 Å². The predicted octanol–water partition coefficient (Wildman–Crippen LogP) is 5.27. The largest absolute Gasteiger partial charge is 0.355 e. The van der Waals surface area contributed by atoms with Crippen molar-refractivity contribution in [1.82, 2.24) is 9.47 Å². The van der Waals surface area contributed by atoms with E-state index in [1.165, 1.54) is 41.6 Å². The minimum Gasteiger partial charge on any atom is -0.355 e. The summed E-state index contributed by atoms with van der Waals surface area (Å²) in [5.41, 5.74) is 3.37. The second-order valence-corrected chi connectivity index (χ2v) is 7.88. The molecular formula is C21H25N3S. The molecule has 3 nitrogen and oxygen atoms in total. The number of benzene rings is 1. The first-order valence-electron chi connectivity index (χ1n) is 8.99. The number of thiophene rings is 1. The minimum atomic E-state index is 0.743. The van der Waals surface area contributed by atoms with Crippen molar-refractivity contribution in [2.45, 2.75) is 31.8 Å². The van der Waals surface area contributed by atoms with Gasteiger partial charge in [0.2, 0.25) is 0 Å². The maximum atomic E-state index is 4.15. The van der Waals surface area contributed by atoms with Crippen LogP contribution in [-0.4, -0.2) is 29.1 Å². The Labute approximate surface area is 153 Å². The van der Waals surface area contributed by atoms with Crippen molar-refractivity contribution in [3.63, 3.8) is 0 Å².